The Labute approximate surface area is 99.4 Å². The van der Waals surface area contributed by atoms with Crippen molar-refractivity contribution < 1.29 is 0 Å². The van der Waals surface area contributed by atoms with Crippen LogP contribution in [0.3, 0.4) is 0 Å². The van der Waals surface area contributed by atoms with Gasteiger partial charge in [-0.3, -0.25) is 4.98 Å². The molecule has 84 valence electrons. The second kappa shape index (κ2) is 5.18. The van der Waals surface area contributed by atoms with Crippen molar-refractivity contribution in [1.29, 1.82) is 0 Å². The minimum Gasteiger partial charge on any atom is -0.330 e. The van der Waals surface area contributed by atoms with Gasteiger partial charge in [-0.15, -0.1) is 11.3 Å². The highest BCUT2D eigenvalue weighted by molar-refractivity contribution is 7.13. The van der Waals surface area contributed by atoms with Crippen LogP contribution in [0.2, 0.25) is 0 Å². The van der Waals surface area contributed by atoms with E-state index in [-0.39, 0.29) is 0 Å². The lowest BCUT2D eigenvalue weighted by Gasteiger charge is -2.04. The van der Waals surface area contributed by atoms with Gasteiger partial charge in [0.15, 0.2) is 0 Å². The Morgan fingerprint density at radius 3 is 2.81 bits per heavy atom. The molecular formula is C12H15N3S. The average molecular weight is 233 g/mol. The Hall–Kier alpha value is -1.26. The lowest BCUT2D eigenvalue weighted by Crippen LogP contribution is -2.13. The van der Waals surface area contributed by atoms with Crippen LogP contribution in [0.4, 0.5) is 0 Å². The third-order valence-electron chi connectivity index (χ3n) is 2.44. The van der Waals surface area contributed by atoms with Crippen LogP contribution in [-0.2, 0) is 6.42 Å². The van der Waals surface area contributed by atoms with Crippen molar-refractivity contribution in [3.05, 3.63) is 35.6 Å². The molecule has 2 aromatic rings. The van der Waals surface area contributed by atoms with Crippen LogP contribution in [0.25, 0.3) is 10.6 Å². The molecule has 0 saturated carbocycles. The number of nitrogens with two attached hydrogens (primary N) is 1. The maximum atomic E-state index is 5.61. The topological polar surface area (TPSA) is 51.8 Å². The number of thiazole rings is 1. The van der Waals surface area contributed by atoms with E-state index in [0.717, 1.165) is 22.7 Å². The molecule has 4 heteroatoms. The lowest BCUT2D eigenvalue weighted by molar-refractivity contribution is 0.586. The number of hydrogen-bond donors (Lipinski definition) is 1. The van der Waals surface area contributed by atoms with Gasteiger partial charge in [0, 0.05) is 23.3 Å². The lowest BCUT2D eigenvalue weighted by atomic mass is 10.1. The first kappa shape index (κ1) is 11.2. The zero-order chi connectivity index (χ0) is 11.4. The average Bonchev–Trinajstić information content (AvgIpc) is 2.78. The predicted molar refractivity (Wildman–Crippen MR) is 67.3 cm³/mol. The molecule has 2 N–H and O–H groups in total. The van der Waals surface area contributed by atoms with Crippen LogP contribution >= 0.6 is 11.3 Å². The maximum Gasteiger partial charge on any atom is 0.123 e. The van der Waals surface area contributed by atoms with Gasteiger partial charge < -0.3 is 5.73 Å². The number of rotatable bonds is 4. The van der Waals surface area contributed by atoms with Crippen molar-refractivity contribution in [2.75, 3.05) is 6.54 Å². The van der Waals surface area contributed by atoms with Crippen molar-refractivity contribution in [3.8, 4) is 10.6 Å². The molecule has 1 atom stereocenters. The fourth-order valence-electron chi connectivity index (χ4n) is 1.47. The molecular weight excluding hydrogens is 218 g/mol. The summed E-state index contributed by atoms with van der Waals surface area (Å²) >= 11 is 1.68. The normalized spacial score (nSPS) is 12.6. The quantitative estimate of drug-likeness (QED) is 0.882. The van der Waals surface area contributed by atoms with Gasteiger partial charge >= 0.3 is 0 Å². The van der Waals surface area contributed by atoms with Crippen molar-refractivity contribution in [2.45, 2.75) is 13.3 Å². The van der Waals surface area contributed by atoms with Crippen LogP contribution in [0.1, 0.15) is 12.6 Å². The number of pyridine rings is 1. The molecule has 0 amide bonds. The molecule has 16 heavy (non-hydrogen) atoms. The molecule has 0 aliphatic carbocycles. The molecule has 0 spiro atoms. The van der Waals surface area contributed by atoms with E-state index < -0.39 is 0 Å². The summed E-state index contributed by atoms with van der Waals surface area (Å²) in [6.07, 6.45) is 4.54. The maximum absolute atomic E-state index is 5.61. The molecule has 0 radical (unpaired) electrons. The fourth-order valence-corrected chi connectivity index (χ4v) is 2.31. The van der Waals surface area contributed by atoms with Crippen LogP contribution in [0.5, 0.6) is 0 Å². The zero-order valence-electron chi connectivity index (χ0n) is 9.26. The summed E-state index contributed by atoms with van der Waals surface area (Å²) in [7, 11) is 0. The third-order valence-corrected chi connectivity index (χ3v) is 3.38. The van der Waals surface area contributed by atoms with Crippen LogP contribution in [0, 0.1) is 5.92 Å². The van der Waals surface area contributed by atoms with Crippen molar-refractivity contribution in [1.82, 2.24) is 9.97 Å². The highest BCUT2D eigenvalue weighted by Crippen LogP contribution is 2.23. The monoisotopic (exact) mass is 233 g/mol. The summed E-state index contributed by atoms with van der Waals surface area (Å²) in [6, 6.07) is 3.96. The van der Waals surface area contributed by atoms with E-state index in [1.165, 1.54) is 0 Å². The summed E-state index contributed by atoms with van der Waals surface area (Å²) in [5.41, 5.74) is 7.87. The van der Waals surface area contributed by atoms with Crippen LogP contribution in [0.15, 0.2) is 29.9 Å². The minimum absolute atomic E-state index is 0.493. The van der Waals surface area contributed by atoms with E-state index in [1.54, 1.807) is 23.7 Å². The summed E-state index contributed by atoms with van der Waals surface area (Å²) in [5, 5.41) is 3.17. The Bertz CT molecular complexity index is 439. The van der Waals surface area contributed by atoms with E-state index in [9.17, 15) is 0 Å². The van der Waals surface area contributed by atoms with Crippen molar-refractivity contribution in [2.24, 2.45) is 11.7 Å². The molecule has 0 saturated heterocycles. The van der Waals surface area contributed by atoms with Crippen molar-refractivity contribution in [3.63, 3.8) is 0 Å². The van der Waals surface area contributed by atoms with E-state index in [4.69, 9.17) is 5.73 Å². The number of hydrogen-bond acceptors (Lipinski definition) is 4. The van der Waals surface area contributed by atoms with Crippen LogP contribution < -0.4 is 5.73 Å². The van der Waals surface area contributed by atoms with Gasteiger partial charge in [0.1, 0.15) is 5.01 Å². The molecule has 0 bridgehead atoms. The molecule has 0 fully saturated rings. The van der Waals surface area contributed by atoms with Gasteiger partial charge in [0.05, 0.1) is 5.69 Å². The minimum atomic E-state index is 0.493. The SMILES string of the molecule is CC(CN)Cc1csc(-c2ccncc2)n1. The molecule has 0 aliphatic heterocycles. The summed E-state index contributed by atoms with van der Waals surface area (Å²) in [4.78, 5) is 8.60. The predicted octanol–water partition coefficient (Wildman–Crippen LogP) is 2.34. The fraction of sp³-hybridized carbons (Fsp3) is 0.333. The Kier molecular flexibility index (Phi) is 3.64. The standard InChI is InChI=1S/C12H15N3S/c1-9(7-13)6-11-8-16-12(15-11)10-2-4-14-5-3-10/h2-5,8-9H,6-7,13H2,1H3. The molecule has 3 nitrogen and oxygen atoms in total. The van der Waals surface area contributed by atoms with Gasteiger partial charge in [0.25, 0.3) is 0 Å². The van der Waals surface area contributed by atoms with E-state index >= 15 is 0 Å². The van der Waals surface area contributed by atoms with E-state index in [1.807, 2.05) is 12.1 Å². The largest absolute Gasteiger partial charge is 0.330 e. The first-order chi connectivity index (χ1) is 7.79. The molecule has 0 aliphatic rings. The molecule has 2 heterocycles. The third kappa shape index (κ3) is 2.65. The van der Waals surface area contributed by atoms with Gasteiger partial charge in [-0.05, 0) is 31.0 Å². The second-order valence-electron chi connectivity index (χ2n) is 3.92. The molecule has 2 aromatic heterocycles. The van der Waals surface area contributed by atoms with Gasteiger partial charge in [-0.2, -0.15) is 0 Å². The summed E-state index contributed by atoms with van der Waals surface area (Å²) in [5.74, 6) is 0.493. The Morgan fingerprint density at radius 1 is 1.38 bits per heavy atom. The first-order valence-corrected chi connectivity index (χ1v) is 6.22. The Balaban J connectivity index is 2.14. The van der Waals surface area contributed by atoms with Gasteiger partial charge in [0.2, 0.25) is 0 Å². The number of nitrogens with zero attached hydrogens (tertiary/aromatic N) is 2. The van der Waals surface area contributed by atoms with Crippen molar-refractivity contribution >= 4 is 11.3 Å². The zero-order valence-corrected chi connectivity index (χ0v) is 10.1. The summed E-state index contributed by atoms with van der Waals surface area (Å²) < 4.78 is 0. The summed E-state index contributed by atoms with van der Waals surface area (Å²) in [6.45, 7) is 2.85. The van der Waals surface area contributed by atoms with Gasteiger partial charge in [-0.25, -0.2) is 4.98 Å². The molecule has 1 unspecified atom stereocenters. The molecule has 2 rings (SSSR count). The first-order valence-electron chi connectivity index (χ1n) is 5.34. The van der Waals surface area contributed by atoms with E-state index in [2.05, 4.69) is 22.3 Å². The Morgan fingerprint density at radius 2 is 2.12 bits per heavy atom. The smallest absolute Gasteiger partial charge is 0.123 e. The van der Waals surface area contributed by atoms with Crippen LogP contribution in [-0.4, -0.2) is 16.5 Å². The highest BCUT2D eigenvalue weighted by Gasteiger charge is 2.07. The number of aromatic nitrogens is 2. The van der Waals surface area contributed by atoms with E-state index in [0.29, 0.717) is 12.5 Å². The second-order valence-corrected chi connectivity index (χ2v) is 4.78. The molecule has 0 aromatic carbocycles. The van der Waals surface area contributed by atoms with Gasteiger partial charge in [-0.1, -0.05) is 6.92 Å². The highest BCUT2D eigenvalue weighted by atomic mass is 32.1.